The van der Waals surface area contributed by atoms with E-state index in [0.29, 0.717) is 5.92 Å². The summed E-state index contributed by atoms with van der Waals surface area (Å²) in [5, 5.41) is 3.35. The van der Waals surface area contributed by atoms with Gasteiger partial charge in [0.1, 0.15) is 0 Å². The molecule has 1 atom stereocenters. The number of piperidine rings is 1. The van der Waals surface area contributed by atoms with Gasteiger partial charge >= 0.3 is 0 Å². The van der Waals surface area contributed by atoms with Gasteiger partial charge in [0.2, 0.25) is 0 Å². The smallest absolute Gasteiger partial charge is 0.275 e. The Morgan fingerprint density at radius 3 is 2.39 bits per heavy atom. The molecular formula is C15H21F2N. The molecule has 1 nitrogen and oxygen atoms in total. The minimum absolute atomic E-state index is 0.130. The largest absolute Gasteiger partial charge is 0.316 e. The van der Waals surface area contributed by atoms with Crippen LogP contribution in [-0.2, 0) is 5.92 Å². The molecule has 3 heteroatoms. The number of hydrogen-bond donors (Lipinski definition) is 1. The summed E-state index contributed by atoms with van der Waals surface area (Å²) in [5.41, 5.74) is 1.30. The monoisotopic (exact) mass is 253 g/mol. The molecule has 100 valence electrons. The van der Waals surface area contributed by atoms with Crippen molar-refractivity contribution in [2.45, 2.75) is 38.5 Å². The van der Waals surface area contributed by atoms with Gasteiger partial charge in [-0.25, -0.2) is 8.78 Å². The number of nitrogens with one attached hydrogen (secondary N) is 1. The van der Waals surface area contributed by atoms with Crippen LogP contribution in [-0.4, -0.2) is 13.1 Å². The molecule has 0 bridgehead atoms. The second kappa shape index (κ2) is 5.35. The Hall–Kier alpha value is -0.960. The van der Waals surface area contributed by atoms with Gasteiger partial charge in [0.05, 0.1) is 0 Å². The number of rotatable bonds is 3. The van der Waals surface area contributed by atoms with Gasteiger partial charge in [-0.2, -0.15) is 0 Å². The first-order valence-electron chi connectivity index (χ1n) is 6.70. The van der Waals surface area contributed by atoms with Crippen LogP contribution >= 0.6 is 0 Å². The lowest BCUT2D eigenvalue weighted by atomic mass is 9.89. The Balaban J connectivity index is 2.14. The molecule has 1 N–H and O–H groups in total. The van der Waals surface area contributed by atoms with Crippen LogP contribution in [0.1, 0.15) is 43.7 Å². The molecule has 1 saturated heterocycles. The molecule has 0 saturated carbocycles. The van der Waals surface area contributed by atoms with Crippen molar-refractivity contribution in [3.63, 3.8) is 0 Å². The van der Waals surface area contributed by atoms with Crippen molar-refractivity contribution in [1.29, 1.82) is 0 Å². The number of halogens is 2. The third-order valence-electron chi connectivity index (χ3n) is 3.79. The Labute approximate surface area is 108 Å². The lowest BCUT2D eigenvalue weighted by molar-refractivity contribution is -0.0513. The molecule has 0 amide bonds. The average Bonchev–Trinajstić information content (AvgIpc) is 2.40. The molecule has 1 aromatic rings. The van der Waals surface area contributed by atoms with Crippen LogP contribution in [0.2, 0.25) is 0 Å². The van der Waals surface area contributed by atoms with Crippen molar-refractivity contribution in [3.8, 4) is 0 Å². The van der Waals surface area contributed by atoms with Crippen LogP contribution in [0.3, 0.4) is 0 Å². The third-order valence-corrected chi connectivity index (χ3v) is 3.79. The average molecular weight is 253 g/mol. The Bertz CT molecular complexity index is 378. The van der Waals surface area contributed by atoms with E-state index in [9.17, 15) is 8.78 Å². The van der Waals surface area contributed by atoms with Gasteiger partial charge in [-0.15, -0.1) is 0 Å². The van der Waals surface area contributed by atoms with Gasteiger partial charge < -0.3 is 5.32 Å². The Morgan fingerprint density at radius 2 is 1.89 bits per heavy atom. The topological polar surface area (TPSA) is 12.0 Å². The Kier molecular flexibility index (Phi) is 4.00. The molecule has 18 heavy (non-hydrogen) atoms. The zero-order valence-electron chi connectivity index (χ0n) is 11.0. The molecule has 1 unspecified atom stereocenters. The summed E-state index contributed by atoms with van der Waals surface area (Å²) in [6.07, 6.45) is 2.31. The quantitative estimate of drug-likeness (QED) is 0.861. The molecule has 1 fully saturated rings. The lowest BCUT2D eigenvalue weighted by Crippen LogP contribution is -2.28. The first-order valence-corrected chi connectivity index (χ1v) is 6.70. The highest BCUT2D eigenvalue weighted by atomic mass is 19.3. The normalized spacial score (nSPS) is 21.3. The number of benzene rings is 1. The van der Waals surface area contributed by atoms with E-state index in [1.54, 1.807) is 26.0 Å². The number of hydrogen-bond acceptors (Lipinski definition) is 1. The van der Waals surface area contributed by atoms with Gasteiger partial charge in [-0.3, -0.25) is 0 Å². The van der Waals surface area contributed by atoms with Gasteiger partial charge in [-0.1, -0.05) is 38.1 Å². The second-order valence-corrected chi connectivity index (χ2v) is 5.44. The first-order chi connectivity index (χ1) is 8.51. The van der Waals surface area contributed by atoms with Crippen LogP contribution < -0.4 is 5.32 Å². The third kappa shape index (κ3) is 2.72. The highest BCUT2D eigenvalue weighted by Gasteiger charge is 2.35. The zero-order valence-corrected chi connectivity index (χ0v) is 11.0. The van der Waals surface area contributed by atoms with Gasteiger partial charge in [0.25, 0.3) is 5.92 Å². The van der Waals surface area contributed by atoms with E-state index < -0.39 is 11.8 Å². The van der Waals surface area contributed by atoms with Gasteiger partial charge in [0.15, 0.2) is 0 Å². The summed E-state index contributed by atoms with van der Waals surface area (Å²) < 4.78 is 27.7. The standard InChI is InChI=1S/C15H21F2N/c1-11(2)15(16,17)14-7-5-12(6-8-14)13-4-3-9-18-10-13/h5-8,11,13,18H,3-4,9-10H2,1-2H3. The fourth-order valence-corrected chi connectivity index (χ4v) is 2.45. The zero-order chi connectivity index (χ0) is 13.2. The van der Waals surface area contributed by atoms with Crippen molar-refractivity contribution < 1.29 is 8.78 Å². The number of alkyl halides is 2. The fraction of sp³-hybridized carbons (Fsp3) is 0.600. The summed E-state index contributed by atoms with van der Waals surface area (Å²) in [6.45, 7) is 5.14. The van der Waals surface area contributed by atoms with E-state index in [0.717, 1.165) is 25.9 Å². The summed E-state index contributed by atoms with van der Waals surface area (Å²) in [4.78, 5) is 0. The predicted molar refractivity (Wildman–Crippen MR) is 70.0 cm³/mol. The van der Waals surface area contributed by atoms with Crippen molar-refractivity contribution in [1.82, 2.24) is 5.32 Å². The summed E-state index contributed by atoms with van der Waals surface area (Å²) in [7, 11) is 0. The van der Waals surface area contributed by atoms with Crippen molar-refractivity contribution in [3.05, 3.63) is 35.4 Å². The van der Waals surface area contributed by atoms with Gasteiger partial charge in [0, 0.05) is 18.0 Å². The fourth-order valence-electron chi connectivity index (χ4n) is 2.45. The van der Waals surface area contributed by atoms with E-state index in [2.05, 4.69) is 5.32 Å². The molecular weight excluding hydrogens is 232 g/mol. The van der Waals surface area contributed by atoms with Crippen molar-refractivity contribution >= 4 is 0 Å². The molecule has 0 spiro atoms. The van der Waals surface area contributed by atoms with E-state index in [-0.39, 0.29) is 5.56 Å². The molecule has 1 aliphatic rings. The summed E-state index contributed by atoms with van der Waals surface area (Å²) >= 11 is 0. The van der Waals surface area contributed by atoms with Crippen LogP contribution in [0.5, 0.6) is 0 Å². The molecule has 2 rings (SSSR count). The maximum atomic E-state index is 13.8. The van der Waals surface area contributed by atoms with Crippen LogP contribution in [0, 0.1) is 5.92 Å². The molecule has 1 heterocycles. The summed E-state index contributed by atoms with van der Waals surface area (Å²) in [6, 6.07) is 6.90. The second-order valence-electron chi connectivity index (χ2n) is 5.44. The van der Waals surface area contributed by atoms with Crippen LogP contribution in [0.25, 0.3) is 0 Å². The van der Waals surface area contributed by atoms with E-state index in [4.69, 9.17) is 0 Å². The molecule has 1 aromatic carbocycles. The van der Waals surface area contributed by atoms with Crippen LogP contribution in [0.4, 0.5) is 8.78 Å². The first kappa shape index (κ1) is 13.5. The maximum absolute atomic E-state index is 13.8. The minimum atomic E-state index is -2.73. The molecule has 0 aliphatic carbocycles. The van der Waals surface area contributed by atoms with E-state index in [1.807, 2.05) is 12.1 Å². The highest BCUT2D eigenvalue weighted by molar-refractivity contribution is 5.29. The molecule has 1 aliphatic heterocycles. The maximum Gasteiger partial charge on any atom is 0.275 e. The van der Waals surface area contributed by atoms with E-state index >= 15 is 0 Å². The Morgan fingerprint density at radius 1 is 1.22 bits per heavy atom. The van der Waals surface area contributed by atoms with Gasteiger partial charge in [-0.05, 0) is 30.9 Å². The minimum Gasteiger partial charge on any atom is -0.316 e. The predicted octanol–water partition coefficient (Wildman–Crippen LogP) is 3.90. The molecule has 0 radical (unpaired) electrons. The van der Waals surface area contributed by atoms with Crippen molar-refractivity contribution in [2.24, 2.45) is 5.92 Å². The lowest BCUT2D eigenvalue weighted by Gasteiger charge is -2.25. The summed E-state index contributed by atoms with van der Waals surface area (Å²) in [5.74, 6) is -2.93. The van der Waals surface area contributed by atoms with Crippen LogP contribution in [0.15, 0.2) is 24.3 Å². The highest BCUT2D eigenvalue weighted by Crippen LogP contribution is 2.36. The van der Waals surface area contributed by atoms with Crippen molar-refractivity contribution in [2.75, 3.05) is 13.1 Å². The SMILES string of the molecule is CC(C)C(F)(F)c1ccc(C2CCCNC2)cc1. The van der Waals surface area contributed by atoms with E-state index in [1.165, 1.54) is 5.56 Å². The molecule has 0 aromatic heterocycles.